The van der Waals surface area contributed by atoms with Gasteiger partial charge in [0.2, 0.25) is 0 Å². The van der Waals surface area contributed by atoms with E-state index in [2.05, 4.69) is 10.3 Å². The maximum absolute atomic E-state index is 14.2. The Morgan fingerprint density at radius 3 is 2.46 bits per heavy atom. The Labute approximate surface area is 77.2 Å². The second kappa shape index (κ2) is 3.42. The molecule has 0 aromatic carbocycles. The maximum Gasteiger partial charge on any atom is 0.138 e. The molecule has 0 amide bonds. The van der Waals surface area contributed by atoms with E-state index in [1.807, 2.05) is 0 Å². The SMILES string of the molecule is FC1(c2ccncc2)CCNCC1. The van der Waals surface area contributed by atoms with Gasteiger partial charge in [0.1, 0.15) is 5.67 Å². The molecule has 1 N–H and O–H groups in total. The lowest BCUT2D eigenvalue weighted by Gasteiger charge is -2.30. The van der Waals surface area contributed by atoms with Gasteiger partial charge in [-0.25, -0.2) is 4.39 Å². The lowest BCUT2D eigenvalue weighted by molar-refractivity contribution is 0.115. The van der Waals surface area contributed by atoms with Crippen LogP contribution in [0.25, 0.3) is 0 Å². The quantitative estimate of drug-likeness (QED) is 0.710. The van der Waals surface area contributed by atoms with E-state index < -0.39 is 5.67 Å². The maximum atomic E-state index is 14.2. The Morgan fingerprint density at radius 2 is 1.85 bits per heavy atom. The molecule has 13 heavy (non-hydrogen) atoms. The molecule has 1 aliphatic heterocycles. The fraction of sp³-hybridized carbons (Fsp3) is 0.500. The molecule has 1 aromatic heterocycles. The first-order valence-corrected chi connectivity index (χ1v) is 4.61. The summed E-state index contributed by atoms with van der Waals surface area (Å²) in [6, 6.07) is 3.54. The molecule has 2 nitrogen and oxygen atoms in total. The summed E-state index contributed by atoms with van der Waals surface area (Å²) in [5.74, 6) is 0. The topological polar surface area (TPSA) is 24.9 Å². The zero-order valence-corrected chi connectivity index (χ0v) is 7.46. The van der Waals surface area contributed by atoms with Crippen molar-refractivity contribution in [2.75, 3.05) is 13.1 Å². The average molecular weight is 180 g/mol. The van der Waals surface area contributed by atoms with Crippen molar-refractivity contribution in [2.24, 2.45) is 0 Å². The smallest absolute Gasteiger partial charge is 0.138 e. The van der Waals surface area contributed by atoms with Gasteiger partial charge in [-0.05, 0) is 43.6 Å². The van der Waals surface area contributed by atoms with Gasteiger partial charge in [-0.15, -0.1) is 0 Å². The summed E-state index contributed by atoms with van der Waals surface area (Å²) in [4.78, 5) is 3.89. The highest BCUT2D eigenvalue weighted by atomic mass is 19.1. The summed E-state index contributed by atoms with van der Waals surface area (Å²) in [7, 11) is 0. The number of hydrogen-bond acceptors (Lipinski definition) is 2. The Kier molecular flexibility index (Phi) is 2.27. The lowest BCUT2D eigenvalue weighted by Crippen LogP contribution is -2.36. The molecule has 0 radical (unpaired) electrons. The fourth-order valence-electron chi connectivity index (χ4n) is 1.76. The van der Waals surface area contributed by atoms with Crippen molar-refractivity contribution >= 4 is 0 Å². The van der Waals surface area contributed by atoms with Crippen molar-refractivity contribution in [1.29, 1.82) is 0 Å². The molecule has 70 valence electrons. The van der Waals surface area contributed by atoms with Crippen LogP contribution in [0.3, 0.4) is 0 Å². The number of aromatic nitrogens is 1. The van der Waals surface area contributed by atoms with E-state index in [1.54, 1.807) is 24.5 Å². The number of nitrogens with zero attached hydrogens (tertiary/aromatic N) is 1. The minimum Gasteiger partial charge on any atom is -0.316 e. The van der Waals surface area contributed by atoms with E-state index in [0.29, 0.717) is 12.8 Å². The summed E-state index contributed by atoms with van der Waals surface area (Å²) < 4.78 is 14.2. The van der Waals surface area contributed by atoms with E-state index in [9.17, 15) is 4.39 Å². The summed E-state index contributed by atoms with van der Waals surface area (Å²) in [5.41, 5.74) is -0.363. The summed E-state index contributed by atoms with van der Waals surface area (Å²) in [6.07, 6.45) is 4.44. The molecule has 1 aliphatic rings. The van der Waals surface area contributed by atoms with Crippen molar-refractivity contribution in [3.05, 3.63) is 30.1 Å². The normalized spacial score (nSPS) is 21.3. The van der Waals surface area contributed by atoms with Crippen molar-refractivity contribution in [3.8, 4) is 0 Å². The number of nitrogens with one attached hydrogen (secondary N) is 1. The molecule has 2 heterocycles. The van der Waals surface area contributed by atoms with Crippen LogP contribution in [0.15, 0.2) is 24.5 Å². The van der Waals surface area contributed by atoms with Crippen LogP contribution in [0, 0.1) is 0 Å². The van der Waals surface area contributed by atoms with Crippen LogP contribution in [0.1, 0.15) is 18.4 Å². The number of hydrogen-bond donors (Lipinski definition) is 1. The van der Waals surface area contributed by atoms with Crippen LogP contribution in [-0.2, 0) is 5.67 Å². The lowest BCUT2D eigenvalue weighted by atomic mass is 9.87. The number of halogens is 1. The van der Waals surface area contributed by atoms with Crippen LogP contribution < -0.4 is 5.32 Å². The molecule has 3 heteroatoms. The number of rotatable bonds is 1. The Morgan fingerprint density at radius 1 is 1.23 bits per heavy atom. The first-order valence-electron chi connectivity index (χ1n) is 4.61. The van der Waals surface area contributed by atoms with Gasteiger partial charge in [0.15, 0.2) is 0 Å². The van der Waals surface area contributed by atoms with Crippen molar-refractivity contribution in [2.45, 2.75) is 18.5 Å². The monoisotopic (exact) mass is 180 g/mol. The second-order valence-corrected chi connectivity index (χ2v) is 3.45. The number of pyridine rings is 1. The zero-order chi connectivity index (χ0) is 9.15. The summed E-state index contributed by atoms with van der Waals surface area (Å²) in [6.45, 7) is 1.53. The van der Waals surface area contributed by atoms with Gasteiger partial charge >= 0.3 is 0 Å². The molecule has 0 saturated carbocycles. The van der Waals surface area contributed by atoms with Crippen LogP contribution in [0.5, 0.6) is 0 Å². The number of alkyl halides is 1. The van der Waals surface area contributed by atoms with E-state index in [0.717, 1.165) is 18.7 Å². The van der Waals surface area contributed by atoms with Gasteiger partial charge in [0, 0.05) is 12.4 Å². The van der Waals surface area contributed by atoms with Crippen molar-refractivity contribution in [1.82, 2.24) is 10.3 Å². The van der Waals surface area contributed by atoms with Gasteiger partial charge < -0.3 is 5.32 Å². The summed E-state index contributed by atoms with van der Waals surface area (Å²) in [5, 5.41) is 3.15. The van der Waals surface area contributed by atoms with E-state index >= 15 is 0 Å². The third-order valence-electron chi connectivity index (χ3n) is 2.59. The Hall–Kier alpha value is -0.960. The third kappa shape index (κ3) is 1.70. The standard InChI is InChI=1S/C10H13FN2/c11-10(3-7-13-8-4-10)9-1-5-12-6-2-9/h1-2,5-6,13H,3-4,7-8H2. The second-order valence-electron chi connectivity index (χ2n) is 3.45. The molecule has 1 saturated heterocycles. The van der Waals surface area contributed by atoms with Crippen LogP contribution in [0.4, 0.5) is 4.39 Å². The predicted octanol–water partition coefficient (Wildman–Crippen LogP) is 1.63. The molecule has 2 rings (SSSR count). The van der Waals surface area contributed by atoms with E-state index in [4.69, 9.17) is 0 Å². The van der Waals surface area contributed by atoms with Gasteiger partial charge in [0.05, 0.1) is 0 Å². The molecule has 0 atom stereocenters. The van der Waals surface area contributed by atoms with Gasteiger partial charge in [-0.3, -0.25) is 4.98 Å². The molecule has 1 fully saturated rings. The van der Waals surface area contributed by atoms with Crippen LogP contribution in [0.2, 0.25) is 0 Å². The molecule has 0 spiro atoms. The minimum atomic E-state index is -1.13. The summed E-state index contributed by atoms with van der Waals surface area (Å²) >= 11 is 0. The van der Waals surface area contributed by atoms with Crippen LogP contribution in [-0.4, -0.2) is 18.1 Å². The highest BCUT2D eigenvalue weighted by Gasteiger charge is 2.33. The van der Waals surface area contributed by atoms with E-state index in [-0.39, 0.29) is 0 Å². The third-order valence-corrected chi connectivity index (χ3v) is 2.59. The van der Waals surface area contributed by atoms with Gasteiger partial charge in [-0.2, -0.15) is 0 Å². The first-order chi connectivity index (χ1) is 6.31. The molecule has 0 unspecified atom stereocenters. The molecule has 0 aliphatic carbocycles. The zero-order valence-electron chi connectivity index (χ0n) is 7.46. The Bertz CT molecular complexity index is 268. The highest BCUT2D eigenvalue weighted by molar-refractivity contribution is 5.20. The molecule has 1 aromatic rings. The fourth-order valence-corrected chi connectivity index (χ4v) is 1.76. The van der Waals surface area contributed by atoms with Gasteiger partial charge in [0.25, 0.3) is 0 Å². The predicted molar refractivity (Wildman–Crippen MR) is 49.1 cm³/mol. The molecule has 0 bridgehead atoms. The highest BCUT2D eigenvalue weighted by Crippen LogP contribution is 2.34. The van der Waals surface area contributed by atoms with Crippen molar-refractivity contribution < 1.29 is 4.39 Å². The average Bonchev–Trinajstić information content (AvgIpc) is 2.20. The largest absolute Gasteiger partial charge is 0.316 e. The number of piperidine rings is 1. The van der Waals surface area contributed by atoms with Crippen molar-refractivity contribution in [3.63, 3.8) is 0 Å². The first kappa shape index (κ1) is 8.63. The Balaban J connectivity index is 2.23. The molecular weight excluding hydrogens is 167 g/mol. The molecular formula is C10H13FN2. The minimum absolute atomic E-state index is 0.566. The van der Waals surface area contributed by atoms with E-state index in [1.165, 1.54) is 0 Å². The van der Waals surface area contributed by atoms with Crippen LogP contribution >= 0.6 is 0 Å². The van der Waals surface area contributed by atoms with Gasteiger partial charge in [-0.1, -0.05) is 0 Å².